The van der Waals surface area contributed by atoms with Gasteiger partial charge >= 0.3 is 6.61 Å². The van der Waals surface area contributed by atoms with Crippen LogP contribution in [0.1, 0.15) is 59.0 Å². The normalized spacial score (nSPS) is 13.8. The zero-order valence-electron chi connectivity index (χ0n) is 21.1. The Labute approximate surface area is 217 Å². The highest BCUT2D eigenvalue weighted by Crippen LogP contribution is 2.37. The first-order valence-corrected chi connectivity index (χ1v) is 12.4. The number of imidazole rings is 1. The van der Waals surface area contributed by atoms with E-state index < -0.39 is 18.1 Å². The standard InChI is InChI=1S/C28H28F2N4O4/c1-16-11-24(38-28(29)30)21(26(35)33-16)14-31-27(36)23-13-19(17-7-9-20(37-2)10-8-17)12-22-25(32-15-34(22)23)18-5-3-4-6-18/h7-13,15,18,28H,3-6,14H2,1-2H3,(H,31,36)(H,33,35). The fourth-order valence-electron chi connectivity index (χ4n) is 5.07. The summed E-state index contributed by atoms with van der Waals surface area (Å²) in [6.07, 6.45) is 6.01. The molecule has 1 saturated carbocycles. The van der Waals surface area contributed by atoms with Gasteiger partial charge in [-0.3, -0.25) is 14.0 Å². The van der Waals surface area contributed by atoms with Gasteiger partial charge in [0.1, 0.15) is 23.5 Å². The number of ether oxygens (including phenoxy) is 2. The quantitative estimate of drug-likeness (QED) is 0.332. The van der Waals surface area contributed by atoms with Gasteiger partial charge in [-0.1, -0.05) is 25.0 Å². The van der Waals surface area contributed by atoms with E-state index in [9.17, 15) is 18.4 Å². The van der Waals surface area contributed by atoms with Crippen LogP contribution in [0.25, 0.3) is 16.6 Å². The Balaban J connectivity index is 1.53. The molecule has 0 unspecified atom stereocenters. The van der Waals surface area contributed by atoms with Crippen LogP contribution in [0.4, 0.5) is 8.78 Å². The first-order chi connectivity index (χ1) is 18.3. The van der Waals surface area contributed by atoms with Crippen molar-refractivity contribution in [2.75, 3.05) is 7.11 Å². The van der Waals surface area contributed by atoms with E-state index in [1.807, 2.05) is 30.3 Å². The van der Waals surface area contributed by atoms with Crippen LogP contribution in [-0.4, -0.2) is 34.0 Å². The maximum Gasteiger partial charge on any atom is 0.387 e. The Kier molecular flexibility index (Phi) is 7.13. The molecule has 1 fully saturated rings. The predicted molar refractivity (Wildman–Crippen MR) is 138 cm³/mol. The van der Waals surface area contributed by atoms with Crippen molar-refractivity contribution in [1.29, 1.82) is 0 Å². The summed E-state index contributed by atoms with van der Waals surface area (Å²) in [7, 11) is 1.60. The number of alkyl halides is 2. The molecule has 0 spiro atoms. The number of H-pyrrole nitrogens is 1. The summed E-state index contributed by atoms with van der Waals surface area (Å²) < 4.78 is 37.4. The Morgan fingerprint density at radius 1 is 1.16 bits per heavy atom. The number of aromatic nitrogens is 3. The molecule has 1 aliphatic carbocycles. The molecule has 4 aromatic rings. The fourth-order valence-corrected chi connectivity index (χ4v) is 5.07. The van der Waals surface area contributed by atoms with Crippen LogP contribution >= 0.6 is 0 Å². The number of pyridine rings is 2. The third-order valence-corrected chi connectivity index (χ3v) is 6.95. The minimum atomic E-state index is -3.11. The van der Waals surface area contributed by atoms with Crippen LogP contribution in [0.15, 0.2) is 53.6 Å². The molecule has 0 aliphatic heterocycles. The SMILES string of the molecule is COc1ccc(-c2cc(C(=O)NCc3c(OC(F)F)cc(C)[nH]c3=O)n3cnc(C4CCCC4)c3c2)cc1. The van der Waals surface area contributed by atoms with E-state index in [0.29, 0.717) is 23.1 Å². The lowest BCUT2D eigenvalue weighted by Crippen LogP contribution is -2.29. The number of nitrogens with one attached hydrogen (secondary N) is 2. The van der Waals surface area contributed by atoms with E-state index in [2.05, 4.69) is 20.0 Å². The Morgan fingerprint density at radius 3 is 2.58 bits per heavy atom. The zero-order valence-corrected chi connectivity index (χ0v) is 21.1. The van der Waals surface area contributed by atoms with Crippen LogP contribution in [0, 0.1) is 6.92 Å². The summed E-state index contributed by atoms with van der Waals surface area (Å²) in [5, 5.41) is 2.70. The van der Waals surface area contributed by atoms with E-state index in [0.717, 1.165) is 48.0 Å². The van der Waals surface area contributed by atoms with Crippen molar-refractivity contribution in [3.8, 4) is 22.6 Å². The molecule has 8 nitrogen and oxygen atoms in total. The molecule has 1 aliphatic rings. The van der Waals surface area contributed by atoms with Gasteiger partial charge in [0.05, 0.1) is 30.4 Å². The summed E-state index contributed by atoms with van der Waals surface area (Å²) in [5.41, 5.74) is 3.48. The summed E-state index contributed by atoms with van der Waals surface area (Å²) in [4.78, 5) is 33.2. The maximum absolute atomic E-state index is 13.5. The summed E-state index contributed by atoms with van der Waals surface area (Å²) in [6, 6.07) is 12.6. The van der Waals surface area contributed by atoms with Gasteiger partial charge < -0.3 is 19.8 Å². The molecule has 2 N–H and O–H groups in total. The van der Waals surface area contributed by atoms with Gasteiger partial charge in [-0.2, -0.15) is 8.78 Å². The van der Waals surface area contributed by atoms with Crippen LogP contribution in [0.3, 0.4) is 0 Å². The van der Waals surface area contributed by atoms with Crippen LogP contribution in [-0.2, 0) is 6.54 Å². The van der Waals surface area contributed by atoms with Crippen molar-refractivity contribution in [2.24, 2.45) is 0 Å². The van der Waals surface area contributed by atoms with E-state index in [1.165, 1.54) is 6.07 Å². The monoisotopic (exact) mass is 522 g/mol. The predicted octanol–water partition coefficient (Wildman–Crippen LogP) is 5.20. The lowest BCUT2D eigenvalue weighted by atomic mass is 10.00. The van der Waals surface area contributed by atoms with E-state index in [-0.39, 0.29) is 17.9 Å². The number of amides is 1. The van der Waals surface area contributed by atoms with Crippen molar-refractivity contribution in [3.63, 3.8) is 0 Å². The minimum Gasteiger partial charge on any atom is -0.497 e. The van der Waals surface area contributed by atoms with Gasteiger partial charge in [-0.15, -0.1) is 0 Å². The second-order valence-corrected chi connectivity index (χ2v) is 9.41. The van der Waals surface area contributed by atoms with Gasteiger partial charge in [0, 0.05) is 17.7 Å². The molecule has 0 saturated heterocycles. The number of fused-ring (bicyclic) bond motifs is 1. The van der Waals surface area contributed by atoms with Crippen molar-refractivity contribution in [1.82, 2.24) is 19.7 Å². The minimum absolute atomic E-state index is 0.0934. The summed E-state index contributed by atoms with van der Waals surface area (Å²) in [6.45, 7) is -1.84. The van der Waals surface area contributed by atoms with Gasteiger partial charge in [0.25, 0.3) is 11.5 Å². The van der Waals surface area contributed by atoms with Crippen LogP contribution in [0.5, 0.6) is 11.5 Å². The smallest absolute Gasteiger partial charge is 0.387 e. The van der Waals surface area contributed by atoms with Crippen molar-refractivity contribution in [3.05, 3.63) is 81.8 Å². The molecule has 5 rings (SSSR count). The van der Waals surface area contributed by atoms with Crippen LogP contribution in [0.2, 0.25) is 0 Å². The number of halogens is 2. The highest BCUT2D eigenvalue weighted by Gasteiger charge is 2.24. The number of rotatable bonds is 8. The fraction of sp³-hybridized carbons (Fsp3) is 0.321. The maximum atomic E-state index is 13.5. The number of aromatic amines is 1. The van der Waals surface area contributed by atoms with Gasteiger partial charge in [0.2, 0.25) is 0 Å². The topological polar surface area (TPSA) is 97.7 Å². The first kappa shape index (κ1) is 25.4. The number of hydrogen-bond donors (Lipinski definition) is 2. The number of hydrogen-bond acceptors (Lipinski definition) is 5. The van der Waals surface area contributed by atoms with E-state index >= 15 is 0 Å². The number of carbonyl (C=O) groups is 1. The lowest BCUT2D eigenvalue weighted by molar-refractivity contribution is -0.0506. The number of aryl methyl sites for hydroxylation is 1. The van der Waals surface area contributed by atoms with Crippen LogP contribution < -0.4 is 20.3 Å². The molecule has 10 heteroatoms. The molecule has 1 aromatic carbocycles. The molecule has 3 heterocycles. The third-order valence-electron chi connectivity index (χ3n) is 6.95. The molecule has 1 amide bonds. The zero-order chi connectivity index (χ0) is 26.8. The molecule has 198 valence electrons. The molecule has 0 atom stereocenters. The second kappa shape index (κ2) is 10.6. The summed E-state index contributed by atoms with van der Waals surface area (Å²) >= 11 is 0. The van der Waals surface area contributed by atoms with Crippen molar-refractivity contribution >= 4 is 11.4 Å². The number of methoxy groups -OCH3 is 1. The second-order valence-electron chi connectivity index (χ2n) is 9.41. The van der Waals surface area contributed by atoms with Gasteiger partial charge in [-0.25, -0.2) is 4.98 Å². The largest absolute Gasteiger partial charge is 0.497 e. The highest BCUT2D eigenvalue weighted by molar-refractivity contribution is 5.95. The van der Waals surface area contributed by atoms with Gasteiger partial charge in [-0.05, 0) is 55.2 Å². The average molecular weight is 523 g/mol. The van der Waals surface area contributed by atoms with E-state index in [4.69, 9.17) is 4.74 Å². The van der Waals surface area contributed by atoms with Crippen molar-refractivity contribution in [2.45, 2.75) is 51.7 Å². The average Bonchev–Trinajstić information content (AvgIpc) is 3.57. The molecular formula is C28H28F2N4O4. The number of benzene rings is 1. The molecule has 3 aromatic heterocycles. The number of nitrogens with zero attached hydrogens (tertiary/aromatic N) is 2. The molecular weight excluding hydrogens is 494 g/mol. The molecule has 0 radical (unpaired) electrons. The molecule has 38 heavy (non-hydrogen) atoms. The third kappa shape index (κ3) is 5.11. The Hall–Kier alpha value is -4.21. The Bertz CT molecular complexity index is 1520. The highest BCUT2D eigenvalue weighted by atomic mass is 19.3. The van der Waals surface area contributed by atoms with E-state index in [1.54, 1.807) is 30.8 Å². The summed E-state index contributed by atoms with van der Waals surface area (Å²) in [5.74, 6) is 0.282. The number of carbonyl (C=O) groups excluding carboxylic acids is 1. The first-order valence-electron chi connectivity index (χ1n) is 12.4. The Morgan fingerprint density at radius 2 is 1.89 bits per heavy atom. The lowest BCUT2D eigenvalue weighted by Gasteiger charge is -2.14. The molecule has 0 bridgehead atoms. The van der Waals surface area contributed by atoms with Crippen molar-refractivity contribution < 1.29 is 23.0 Å². The van der Waals surface area contributed by atoms with Gasteiger partial charge in [0.15, 0.2) is 0 Å².